The van der Waals surface area contributed by atoms with E-state index in [1.807, 2.05) is 0 Å². The molecule has 0 bridgehead atoms. The molecule has 0 spiro atoms. The van der Waals surface area contributed by atoms with Crippen LogP contribution in [0.1, 0.15) is 31.2 Å². The Hall–Kier alpha value is -3.12. The van der Waals surface area contributed by atoms with Crippen molar-refractivity contribution in [3.63, 3.8) is 0 Å². The molecule has 1 aromatic rings. The number of alkyl halides is 3. The van der Waals surface area contributed by atoms with Gasteiger partial charge in [-0.2, -0.15) is 26.3 Å². The molecular weight excluding hydrogens is 436 g/mol. The molecule has 13 heteroatoms. The van der Waals surface area contributed by atoms with Crippen molar-refractivity contribution >= 4 is 17.5 Å². The molecule has 2 rings (SSSR count). The first-order chi connectivity index (χ1) is 14.3. The van der Waals surface area contributed by atoms with Gasteiger partial charge in [0.25, 0.3) is 6.08 Å². The van der Waals surface area contributed by atoms with E-state index in [1.54, 1.807) is 5.32 Å². The molecule has 2 amide bonds. The van der Waals surface area contributed by atoms with Gasteiger partial charge < -0.3 is 10.2 Å². The smallest absolute Gasteiger partial charge is 0.340 e. The van der Waals surface area contributed by atoms with Gasteiger partial charge in [-0.3, -0.25) is 19.7 Å². The number of rotatable bonds is 5. The molecule has 1 fully saturated rings. The average Bonchev–Trinajstić information content (AvgIpc) is 2.69. The van der Waals surface area contributed by atoms with Crippen LogP contribution in [0.2, 0.25) is 0 Å². The summed E-state index contributed by atoms with van der Waals surface area (Å²) in [5, 5.41) is 12.3. The maximum atomic E-state index is 14.0. The molecular formula is C18H17F6N3O4. The zero-order valence-electron chi connectivity index (χ0n) is 16.0. The maximum Gasteiger partial charge on any atom is 0.471 e. The van der Waals surface area contributed by atoms with E-state index >= 15 is 0 Å². The van der Waals surface area contributed by atoms with Crippen molar-refractivity contribution in [3.8, 4) is 0 Å². The summed E-state index contributed by atoms with van der Waals surface area (Å²) < 4.78 is 77.7. The molecule has 1 aromatic carbocycles. The van der Waals surface area contributed by atoms with Gasteiger partial charge in [0.05, 0.1) is 4.92 Å². The summed E-state index contributed by atoms with van der Waals surface area (Å²) in [5.74, 6) is -5.87. The van der Waals surface area contributed by atoms with Crippen LogP contribution in [0.15, 0.2) is 29.9 Å². The molecule has 1 saturated heterocycles. The number of nitrogens with one attached hydrogen (secondary N) is 1. The first kappa shape index (κ1) is 24.2. The van der Waals surface area contributed by atoms with Gasteiger partial charge in [-0.15, -0.1) is 0 Å². The Morgan fingerprint density at radius 2 is 1.77 bits per heavy atom. The van der Waals surface area contributed by atoms with Gasteiger partial charge in [0, 0.05) is 25.1 Å². The number of piperidine rings is 1. The van der Waals surface area contributed by atoms with Crippen LogP contribution in [0.4, 0.5) is 32.0 Å². The zero-order valence-corrected chi connectivity index (χ0v) is 16.0. The van der Waals surface area contributed by atoms with Gasteiger partial charge in [-0.1, -0.05) is 13.0 Å². The van der Waals surface area contributed by atoms with Crippen molar-refractivity contribution < 1.29 is 40.9 Å². The van der Waals surface area contributed by atoms with E-state index < -0.39 is 52.5 Å². The van der Waals surface area contributed by atoms with Crippen LogP contribution in [0.5, 0.6) is 0 Å². The summed E-state index contributed by atoms with van der Waals surface area (Å²) in [6.45, 7) is 0.826. The van der Waals surface area contributed by atoms with Gasteiger partial charge in [-0.05, 0) is 30.0 Å². The molecule has 0 aromatic heterocycles. The Bertz CT molecular complexity index is 904. The summed E-state index contributed by atoms with van der Waals surface area (Å²) in [4.78, 5) is 35.1. The lowest BCUT2D eigenvalue weighted by Gasteiger charge is -2.34. The lowest BCUT2D eigenvalue weighted by Crippen LogP contribution is -2.54. The highest BCUT2D eigenvalue weighted by molar-refractivity contribution is 5.90. The molecule has 2 atom stereocenters. The van der Waals surface area contributed by atoms with Crippen LogP contribution in [-0.2, 0) is 9.59 Å². The number of carbonyl (C=O) groups is 2. The van der Waals surface area contributed by atoms with Crippen molar-refractivity contribution in [2.45, 2.75) is 37.9 Å². The molecule has 0 unspecified atom stereocenters. The topological polar surface area (TPSA) is 92.5 Å². The molecule has 1 aliphatic heterocycles. The predicted molar refractivity (Wildman–Crippen MR) is 94.5 cm³/mol. The van der Waals surface area contributed by atoms with Crippen molar-refractivity contribution in [1.82, 2.24) is 10.2 Å². The second kappa shape index (κ2) is 9.35. The fourth-order valence-electron chi connectivity index (χ4n) is 3.15. The molecule has 31 heavy (non-hydrogen) atoms. The van der Waals surface area contributed by atoms with Crippen molar-refractivity contribution in [1.29, 1.82) is 0 Å². The third kappa shape index (κ3) is 5.73. The number of nitro benzene ring substituents is 1. The van der Waals surface area contributed by atoms with E-state index in [-0.39, 0.29) is 37.1 Å². The standard InChI is InChI=1S/C18H17F6N3O4/c1-9(11-2-3-13(27(30)31)12(19)8-11)14(25-17(29)18(22,23)24)16(28)26-6-4-10(5-7-26)15(20)21/h2-3,8-9,14H,4-7H2,1H3,(H,25,29)/t9-,14+/m0/s1. The van der Waals surface area contributed by atoms with Crippen LogP contribution in [0.3, 0.4) is 0 Å². The first-order valence-electron chi connectivity index (χ1n) is 8.96. The number of hydrogen-bond acceptors (Lipinski definition) is 4. The minimum atomic E-state index is -5.31. The Morgan fingerprint density at radius 1 is 1.19 bits per heavy atom. The van der Waals surface area contributed by atoms with Gasteiger partial charge in [0.2, 0.25) is 11.7 Å². The third-order valence-electron chi connectivity index (χ3n) is 4.95. The number of hydrogen-bond donors (Lipinski definition) is 1. The number of carbonyl (C=O) groups excluding carboxylic acids is 2. The summed E-state index contributed by atoms with van der Waals surface area (Å²) in [5.41, 5.74) is -1.12. The number of amides is 2. The van der Waals surface area contributed by atoms with Crippen LogP contribution >= 0.6 is 0 Å². The van der Waals surface area contributed by atoms with E-state index in [2.05, 4.69) is 0 Å². The first-order valence-corrected chi connectivity index (χ1v) is 8.96. The minimum Gasteiger partial charge on any atom is -0.340 e. The molecule has 1 aliphatic rings. The van der Waals surface area contributed by atoms with E-state index in [1.165, 1.54) is 6.92 Å². The second-order valence-corrected chi connectivity index (χ2v) is 6.89. The SMILES string of the molecule is C[C@@H](c1ccc([N+](=O)[O-])c(F)c1)[C@@H](NC(=O)C(F)(F)F)C(=O)N1CCC(=C(F)F)CC1. The summed E-state index contributed by atoms with van der Waals surface area (Å²) >= 11 is 0. The van der Waals surface area contributed by atoms with Gasteiger partial charge in [-0.25, -0.2) is 0 Å². The number of benzene rings is 1. The number of likely N-dealkylation sites (tertiary alicyclic amines) is 1. The van der Waals surface area contributed by atoms with E-state index in [9.17, 15) is 46.0 Å². The van der Waals surface area contributed by atoms with Gasteiger partial charge in [0.1, 0.15) is 6.04 Å². The second-order valence-electron chi connectivity index (χ2n) is 6.89. The lowest BCUT2D eigenvalue weighted by atomic mass is 9.91. The van der Waals surface area contributed by atoms with Gasteiger partial charge >= 0.3 is 17.8 Å². The fourth-order valence-corrected chi connectivity index (χ4v) is 3.15. The number of nitrogens with zero attached hydrogens (tertiary/aromatic N) is 2. The molecule has 0 aliphatic carbocycles. The highest BCUT2D eigenvalue weighted by Crippen LogP contribution is 2.28. The van der Waals surface area contributed by atoms with Crippen LogP contribution < -0.4 is 5.32 Å². The molecule has 170 valence electrons. The summed E-state index contributed by atoms with van der Waals surface area (Å²) in [6, 6.07) is 0.728. The number of halogens is 6. The molecule has 0 saturated carbocycles. The minimum absolute atomic E-state index is 0.0729. The zero-order chi connectivity index (χ0) is 23.5. The highest BCUT2D eigenvalue weighted by Gasteiger charge is 2.43. The quantitative estimate of drug-likeness (QED) is 0.419. The Balaban J connectivity index is 2.33. The lowest BCUT2D eigenvalue weighted by molar-refractivity contribution is -0.387. The average molecular weight is 453 g/mol. The maximum absolute atomic E-state index is 14.0. The van der Waals surface area contributed by atoms with E-state index in [0.29, 0.717) is 6.07 Å². The van der Waals surface area contributed by atoms with E-state index in [0.717, 1.165) is 17.0 Å². The van der Waals surface area contributed by atoms with Crippen LogP contribution in [0, 0.1) is 15.9 Å². The van der Waals surface area contributed by atoms with Crippen molar-refractivity contribution in [2.24, 2.45) is 0 Å². The van der Waals surface area contributed by atoms with Crippen LogP contribution in [-0.4, -0.2) is 46.9 Å². The molecule has 0 radical (unpaired) electrons. The normalized spacial score (nSPS) is 16.5. The van der Waals surface area contributed by atoms with Crippen LogP contribution in [0.25, 0.3) is 0 Å². The molecule has 1 N–H and O–H groups in total. The summed E-state index contributed by atoms with van der Waals surface area (Å²) in [6.07, 6.45) is -7.57. The highest BCUT2D eigenvalue weighted by atomic mass is 19.4. The summed E-state index contributed by atoms with van der Waals surface area (Å²) in [7, 11) is 0. The Kier molecular flexibility index (Phi) is 7.28. The predicted octanol–water partition coefficient (Wildman–Crippen LogP) is 3.66. The van der Waals surface area contributed by atoms with Crippen molar-refractivity contribution in [2.75, 3.05) is 13.1 Å². The molecule has 1 heterocycles. The number of nitro groups is 1. The monoisotopic (exact) mass is 453 g/mol. The molecule has 7 nitrogen and oxygen atoms in total. The Labute approximate surface area is 171 Å². The third-order valence-corrected chi connectivity index (χ3v) is 4.95. The Morgan fingerprint density at radius 3 is 2.23 bits per heavy atom. The largest absolute Gasteiger partial charge is 0.471 e. The van der Waals surface area contributed by atoms with E-state index in [4.69, 9.17) is 0 Å². The fraction of sp³-hybridized carbons (Fsp3) is 0.444. The van der Waals surface area contributed by atoms with Gasteiger partial charge in [0.15, 0.2) is 0 Å². The van der Waals surface area contributed by atoms with Crippen molar-refractivity contribution in [3.05, 3.63) is 51.3 Å².